The van der Waals surface area contributed by atoms with Crippen molar-refractivity contribution in [1.82, 2.24) is 20.0 Å². The van der Waals surface area contributed by atoms with Crippen molar-refractivity contribution >= 4 is 23.8 Å². The minimum absolute atomic E-state index is 0.00468. The summed E-state index contributed by atoms with van der Waals surface area (Å²) in [5, 5.41) is 2.81. The maximum Gasteiger partial charge on any atom is 0.325 e. The minimum Gasteiger partial charge on any atom is -0.341 e. The van der Waals surface area contributed by atoms with Crippen LogP contribution < -0.4 is 5.32 Å². The van der Waals surface area contributed by atoms with Gasteiger partial charge in [0, 0.05) is 19.6 Å². The molecular weight excluding hydrogens is 396 g/mol. The van der Waals surface area contributed by atoms with Crippen molar-refractivity contribution in [3.63, 3.8) is 0 Å². The van der Waals surface area contributed by atoms with Gasteiger partial charge in [0.25, 0.3) is 5.91 Å². The zero-order valence-electron chi connectivity index (χ0n) is 18.0. The van der Waals surface area contributed by atoms with Gasteiger partial charge in [0.15, 0.2) is 0 Å². The van der Waals surface area contributed by atoms with Crippen LogP contribution in [0.2, 0.25) is 0 Å². The first kappa shape index (κ1) is 21.3. The van der Waals surface area contributed by atoms with Crippen LogP contribution in [0.1, 0.15) is 51.0 Å². The molecule has 0 unspecified atom stereocenters. The van der Waals surface area contributed by atoms with Gasteiger partial charge < -0.3 is 15.1 Å². The fraction of sp³-hybridized carbons (Fsp3) is 0.565. The van der Waals surface area contributed by atoms with Gasteiger partial charge >= 0.3 is 6.03 Å². The Labute approximate surface area is 182 Å². The molecule has 8 nitrogen and oxygen atoms in total. The summed E-state index contributed by atoms with van der Waals surface area (Å²) in [5.41, 5.74) is -0.462. The fourth-order valence-corrected chi connectivity index (χ4v) is 4.99. The van der Waals surface area contributed by atoms with Gasteiger partial charge in [-0.05, 0) is 44.1 Å². The number of carbonyl (C=O) groups excluding carboxylic acids is 4. The van der Waals surface area contributed by atoms with Crippen LogP contribution in [-0.2, 0) is 19.9 Å². The third-order valence-electron chi connectivity index (χ3n) is 6.79. The molecule has 1 aromatic rings. The van der Waals surface area contributed by atoms with Crippen LogP contribution in [0, 0.1) is 0 Å². The summed E-state index contributed by atoms with van der Waals surface area (Å²) in [5.74, 6) is -0.769. The molecular formula is C23H30N4O4. The highest BCUT2D eigenvalue weighted by Gasteiger charge is 2.52. The Balaban J connectivity index is 1.51. The van der Waals surface area contributed by atoms with Gasteiger partial charge in [-0.2, -0.15) is 0 Å². The van der Waals surface area contributed by atoms with E-state index in [4.69, 9.17) is 0 Å². The van der Waals surface area contributed by atoms with Crippen LogP contribution in [0.25, 0.3) is 0 Å². The number of nitrogens with zero attached hydrogens (tertiary/aromatic N) is 3. The number of benzene rings is 1. The monoisotopic (exact) mass is 426 g/mol. The standard InChI is InChI=1S/C23H30N4O4/c1-2-23(17-10-4-3-5-11-17)21(30)27(22(31)24-23)16-19(28)26-15-7-6-12-18(26)20(29)25-13-8-9-14-25/h3-5,10-11,18H,2,6-9,12-16H2,1H3,(H,24,31)/t18-,23+/m0/s1. The molecule has 3 aliphatic rings. The van der Waals surface area contributed by atoms with E-state index in [2.05, 4.69) is 5.32 Å². The summed E-state index contributed by atoms with van der Waals surface area (Å²) < 4.78 is 0. The highest BCUT2D eigenvalue weighted by molar-refractivity contribution is 6.09. The van der Waals surface area contributed by atoms with Crippen LogP contribution in [-0.4, -0.2) is 70.7 Å². The third kappa shape index (κ3) is 3.79. The molecule has 0 bridgehead atoms. The first-order valence-electron chi connectivity index (χ1n) is 11.3. The van der Waals surface area contributed by atoms with Crippen LogP contribution in [0.15, 0.2) is 30.3 Å². The number of hydrogen-bond donors (Lipinski definition) is 1. The molecule has 5 amide bonds. The highest BCUT2D eigenvalue weighted by atomic mass is 16.2. The molecule has 166 valence electrons. The van der Waals surface area contributed by atoms with Crippen LogP contribution >= 0.6 is 0 Å². The highest BCUT2D eigenvalue weighted by Crippen LogP contribution is 2.32. The van der Waals surface area contributed by atoms with Crippen LogP contribution in [0.4, 0.5) is 4.79 Å². The van der Waals surface area contributed by atoms with Crippen molar-refractivity contribution in [2.75, 3.05) is 26.2 Å². The second-order valence-corrected chi connectivity index (χ2v) is 8.58. The average Bonchev–Trinajstić information content (AvgIpc) is 3.42. The number of nitrogens with one attached hydrogen (secondary N) is 1. The van der Waals surface area contributed by atoms with E-state index >= 15 is 0 Å². The number of urea groups is 1. The topological polar surface area (TPSA) is 90.0 Å². The molecule has 3 saturated heterocycles. The van der Waals surface area contributed by atoms with Crippen molar-refractivity contribution in [1.29, 1.82) is 0 Å². The third-order valence-corrected chi connectivity index (χ3v) is 6.79. The number of rotatable bonds is 5. The Morgan fingerprint density at radius 2 is 1.71 bits per heavy atom. The zero-order valence-corrected chi connectivity index (χ0v) is 18.0. The fourth-order valence-electron chi connectivity index (χ4n) is 4.99. The maximum atomic E-state index is 13.3. The first-order chi connectivity index (χ1) is 15.0. The van der Waals surface area contributed by atoms with Crippen molar-refractivity contribution < 1.29 is 19.2 Å². The predicted molar refractivity (Wildman–Crippen MR) is 114 cm³/mol. The molecule has 0 radical (unpaired) electrons. The molecule has 1 N–H and O–H groups in total. The molecule has 31 heavy (non-hydrogen) atoms. The van der Waals surface area contributed by atoms with Crippen LogP contribution in [0.5, 0.6) is 0 Å². The lowest BCUT2D eigenvalue weighted by Crippen LogP contribution is -2.55. The van der Waals surface area contributed by atoms with Gasteiger partial charge in [0.2, 0.25) is 11.8 Å². The Morgan fingerprint density at radius 1 is 1.03 bits per heavy atom. The molecule has 0 aromatic heterocycles. The van der Waals surface area contributed by atoms with E-state index in [0.29, 0.717) is 24.9 Å². The number of amides is 5. The lowest BCUT2D eigenvalue weighted by molar-refractivity contribution is -0.148. The molecule has 3 fully saturated rings. The van der Waals surface area contributed by atoms with E-state index in [9.17, 15) is 19.2 Å². The lowest BCUT2D eigenvalue weighted by Gasteiger charge is -2.37. The quantitative estimate of drug-likeness (QED) is 0.728. The van der Waals surface area contributed by atoms with E-state index in [-0.39, 0.29) is 18.4 Å². The molecule has 0 spiro atoms. The van der Waals surface area contributed by atoms with E-state index in [1.165, 1.54) is 0 Å². The Morgan fingerprint density at radius 3 is 2.39 bits per heavy atom. The number of piperidine rings is 1. The van der Waals surface area contributed by atoms with Gasteiger partial charge in [0.1, 0.15) is 18.1 Å². The van der Waals surface area contributed by atoms with E-state index < -0.39 is 23.5 Å². The number of likely N-dealkylation sites (tertiary alicyclic amines) is 2. The second-order valence-electron chi connectivity index (χ2n) is 8.58. The first-order valence-corrected chi connectivity index (χ1v) is 11.3. The summed E-state index contributed by atoms with van der Waals surface area (Å²) in [4.78, 5) is 56.6. The summed E-state index contributed by atoms with van der Waals surface area (Å²) >= 11 is 0. The number of carbonyl (C=O) groups is 4. The van der Waals surface area contributed by atoms with Gasteiger partial charge in [-0.1, -0.05) is 37.3 Å². The predicted octanol–water partition coefficient (Wildman–Crippen LogP) is 1.85. The average molecular weight is 427 g/mol. The van der Waals surface area contributed by atoms with Crippen molar-refractivity contribution in [2.45, 2.75) is 57.0 Å². The molecule has 2 atom stereocenters. The molecule has 0 aliphatic carbocycles. The second kappa shape index (κ2) is 8.69. The zero-order chi connectivity index (χ0) is 22.0. The summed E-state index contributed by atoms with van der Waals surface area (Å²) in [6.45, 7) is 3.44. The normalized spacial score (nSPS) is 26.4. The van der Waals surface area contributed by atoms with Gasteiger partial charge in [-0.3, -0.25) is 19.3 Å². The van der Waals surface area contributed by atoms with Gasteiger partial charge in [0.05, 0.1) is 0 Å². The van der Waals surface area contributed by atoms with E-state index in [1.54, 1.807) is 4.90 Å². The van der Waals surface area contributed by atoms with E-state index in [0.717, 1.165) is 43.7 Å². The molecule has 3 aliphatic heterocycles. The van der Waals surface area contributed by atoms with E-state index in [1.807, 2.05) is 42.2 Å². The Hall–Kier alpha value is -2.90. The molecule has 4 rings (SSSR count). The largest absolute Gasteiger partial charge is 0.341 e. The van der Waals surface area contributed by atoms with Crippen LogP contribution in [0.3, 0.4) is 0 Å². The van der Waals surface area contributed by atoms with Gasteiger partial charge in [-0.25, -0.2) is 4.79 Å². The summed E-state index contributed by atoms with van der Waals surface area (Å²) in [7, 11) is 0. The molecule has 3 heterocycles. The molecule has 1 aromatic carbocycles. The summed E-state index contributed by atoms with van der Waals surface area (Å²) in [6.07, 6.45) is 4.71. The summed E-state index contributed by atoms with van der Waals surface area (Å²) in [6, 6.07) is 8.05. The Kier molecular flexibility index (Phi) is 5.98. The van der Waals surface area contributed by atoms with Crippen molar-refractivity contribution in [3.05, 3.63) is 35.9 Å². The number of imide groups is 1. The van der Waals surface area contributed by atoms with Crippen molar-refractivity contribution in [3.8, 4) is 0 Å². The molecule has 8 heteroatoms. The lowest BCUT2D eigenvalue weighted by atomic mass is 9.87. The smallest absolute Gasteiger partial charge is 0.325 e. The van der Waals surface area contributed by atoms with Crippen molar-refractivity contribution in [2.24, 2.45) is 0 Å². The molecule has 0 saturated carbocycles. The van der Waals surface area contributed by atoms with Gasteiger partial charge in [-0.15, -0.1) is 0 Å². The minimum atomic E-state index is -1.16. The maximum absolute atomic E-state index is 13.3. The Bertz CT molecular complexity index is 868. The SMILES string of the molecule is CC[C@]1(c2ccccc2)NC(=O)N(CC(=O)N2CCCC[C@H]2C(=O)N2CCCC2)C1=O. The number of hydrogen-bond acceptors (Lipinski definition) is 4.